The highest BCUT2D eigenvalue weighted by molar-refractivity contribution is 8.00. The molecule has 0 heterocycles. The molecular weight excluding hydrogens is 270 g/mol. The zero-order chi connectivity index (χ0) is 14.4. The van der Waals surface area contributed by atoms with Gasteiger partial charge in [0.1, 0.15) is 5.75 Å². The number of ether oxygens (including phenoxy) is 1. The molecule has 1 rings (SSSR count). The lowest BCUT2D eigenvalue weighted by Crippen LogP contribution is -2.18. The maximum Gasteiger partial charge on any atom is 0.316 e. The third-order valence-electron chi connectivity index (χ3n) is 2.61. The summed E-state index contributed by atoms with van der Waals surface area (Å²) in [6, 6.07) is 5.63. The molecule has 2 atom stereocenters. The van der Waals surface area contributed by atoms with Gasteiger partial charge in [-0.2, -0.15) is 0 Å². The average molecular weight is 285 g/mol. The Morgan fingerprint density at radius 3 is 2.47 bits per heavy atom. The highest BCUT2D eigenvalue weighted by Gasteiger charge is 2.25. The molecule has 0 bridgehead atoms. The fourth-order valence-corrected chi connectivity index (χ4v) is 2.34. The Kier molecular flexibility index (Phi) is 5.62. The first-order valence-corrected chi connectivity index (χ1v) is 6.62. The molecule has 7 heteroatoms. The Morgan fingerprint density at radius 2 is 2.05 bits per heavy atom. The number of thioether (sulfide) groups is 1. The molecule has 104 valence electrons. The van der Waals surface area contributed by atoms with Gasteiger partial charge >= 0.3 is 5.97 Å². The van der Waals surface area contributed by atoms with Gasteiger partial charge in [-0.05, 0) is 31.2 Å². The van der Waals surface area contributed by atoms with E-state index >= 15 is 0 Å². The smallest absolute Gasteiger partial charge is 0.316 e. The van der Waals surface area contributed by atoms with Crippen molar-refractivity contribution in [1.82, 2.24) is 0 Å². The van der Waals surface area contributed by atoms with Crippen molar-refractivity contribution < 1.29 is 19.6 Å². The van der Waals surface area contributed by atoms with Crippen LogP contribution in [-0.2, 0) is 4.79 Å². The number of carboxylic acids is 1. The van der Waals surface area contributed by atoms with Gasteiger partial charge in [-0.15, -0.1) is 11.8 Å². The van der Waals surface area contributed by atoms with E-state index in [2.05, 4.69) is 0 Å². The minimum Gasteiger partial charge on any atom is -0.497 e. The standard InChI is InChI=1S/C12H15NO5S/c1-8(12(14)15)19-7-11(13(16)17)9-3-5-10(18-2)6-4-9/h3-6,8,11H,7H2,1-2H3,(H,14,15). The van der Waals surface area contributed by atoms with E-state index in [9.17, 15) is 14.9 Å². The number of nitrogens with zero attached hydrogens (tertiary/aromatic N) is 1. The Hall–Kier alpha value is -1.76. The van der Waals surface area contributed by atoms with Crippen LogP contribution in [0.2, 0.25) is 0 Å². The SMILES string of the molecule is COc1ccc(C(CSC(C)C(=O)O)[N+](=O)[O-])cc1. The van der Waals surface area contributed by atoms with Crippen molar-refractivity contribution in [3.8, 4) is 5.75 Å². The predicted octanol–water partition coefficient (Wildman–Crippen LogP) is 2.22. The van der Waals surface area contributed by atoms with E-state index in [-0.39, 0.29) is 5.75 Å². The summed E-state index contributed by atoms with van der Waals surface area (Å²) in [6.45, 7) is 1.51. The summed E-state index contributed by atoms with van der Waals surface area (Å²) in [5, 5.41) is 19.1. The van der Waals surface area contributed by atoms with Crippen molar-refractivity contribution in [3.05, 3.63) is 39.9 Å². The molecule has 0 saturated carbocycles. The van der Waals surface area contributed by atoms with Gasteiger partial charge in [-0.3, -0.25) is 14.9 Å². The van der Waals surface area contributed by atoms with Gasteiger partial charge in [0, 0.05) is 10.5 Å². The molecule has 0 aliphatic heterocycles. The van der Waals surface area contributed by atoms with Gasteiger partial charge in [0.05, 0.1) is 18.1 Å². The van der Waals surface area contributed by atoms with E-state index in [1.165, 1.54) is 14.0 Å². The molecule has 19 heavy (non-hydrogen) atoms. The van der Waals surface area contributed by atoms with E-state index in [4.69, 9.17) is 9.84 Å². The Bertz CT molecular complexity index is 448. The van der Waals surface area contributed by atoms with E-state index in [0.717, 1.165) is 11.8 Å². The summed E-state index contributed by atoms with van der Waals surface area (Å²) in [6.07, 6.45) is 0. The topological polar surface area (TPSA) is 89.7 Å². The van der Waals surface area contributed by atoms with Gasteiger partial charge in [0.2, 0.25) is 6.04 Å². The summed E-state index contributed by atoms with van der Waals surface area (Å²) >= 11 is 1.05. The summed E-state index contributed by atoms with van der Waals surface area (Å²) in [4.78, 5) is 21.3. The van der Waals surface area contributed by atoms with Crippen LogP contribution in [0, 0.1) is 10.1 Å². The molecule has 0 aromatic heterocycles. The lowest BCUT2D eigenvalue weighted by atomic mass is 10.1. The van der Waals surface area contributed by atoms with Crippen molar-refractivity contribution in [3.63, 3.8) is 0 Å². The highest BCUT2D eigenvalue weighted by atomic mass is 32.2. The van der Waals surface area contributed by atoms with Gasteiger partial charge in [-0.1, -0.05) is 0 Å². The average Bonchev–Trinajstić information content (AvgIpc) is 2.38. The first kappa shape index (κ1) is 15.3. The first-order valence-electron chi connectivity index (χ1n) is 5.57. The second-order valence-corrected chi connectivity index (χ2v) is 5.26. The van der Waals surface area contributed by atoms with Crippen molar-refractivity contribution in [2.24, 2.45) is 0 Å². The monoisotopic (exact) mass is 285 g/mol. The third kappa shape index (κ3) is 4.44. The number of hydrogen-bond acceptors (Lipinski definition) is 5. The molecular formula is C12H15NO5S. The van der Waals surface area contributed by atoms with E-state index in [1.54, 1.807) is 24.3 Å². The Labute approximate surface area is 114 Å². The van der Waals surface area contributed by atoms with E-state index < -0.39 is 22.2 Å². The second kappa shape index (κ2) is 6.98. The van der Waals surface area contributed by atoms with Crippen LogP contribution in [0.3, 0.4) is 0 Å². The molecule has 1 aromatic rings. The normalized spacial score (nSPS) is 13.6. The number of nitro groups is 1. The number of carboxylic acid groups (broad SMARTS) is 1. The number of hydrogen-bond donors (Lipinski definition) is 1. The van der Waals surface area contributed by atoms with Gasteiger partial charge in [-0.25, -0.2) is 0 Å². The summed E-state index contributed by atoms with van der Waals surface area (Å²) in [5.41, 5.74) is 0.538. The largest absolute Gasteiger partial charge is 0.497 e. The number of methoxy groups -OCH3 is 1. The molecule has 0 aliphatic rings. The minimum absolute atomic E-state index is 0.118. The zero-order valence-corrected chi connectivity index (χ0v) is 11.4. The zero-order valence-electron chi connectivity index (χ0n) is 10.6. The molecule has 2 unspecified atom stereocenters. The summed E-state index contributed by atoms with van der Waals surface area (Å²) in [7, 11) is 1.52. The van der Waals surface area contributed by atoms with Crippen LogP contribution in [0.5, 0.6) is 5.75 Å². The van der Waals surface area contributed by atoms with Crippen LogP contribution in [0.25, 0.3) is 0 Å². The van der Waals surface area contributed by atoms with Crippen molar-refractivity contribution in [1.29, 1.82) is 0 Å². The molecule has 1 aromatic carbocycles. The van der Waals surface area contributed by atoms with Crippen molar-refractivity contribution >= 4 is 17.7 Å². The van der Waals surface area contributed by atoms with Crippen LogP contribution >= 0.6 is 11.8 Å². The number of aliphatic carboxylic acids is 1. The quantitative estimate of drug-likeness (QED) is 0.610. The van der Waals surface area contributed by atoms with Gasteiger partial charge < -0.3 is 9.84 Å². The summed E-state index contributed by atoms with van der Waals surface area (Å²) < 4.78 is 4.99. The highest BCUT2D eigenvalue weighted by Crippen LogP contribution is 2.25. The first-order chi connectivity index (χ1) is 8.95. The Morgan fingerprint density at radius 1 is 1.47 bits per heavy atom. The van der Waals surface area contributed by atoms with Crippen LogP contribution in [0.1, 0.15) is 18.5 Å². The number of carbonyl (C=O) groups is 1. The Balaban J connectivity index is 2.76. The molecule has 0 spiro atoms. The van der Waals surface area contributed by atoms with E-state index in [0.29, 0.717) is 11.3 Å². The maximum absolute atomic E-state index is 11.1. The second-order valence-electron chi connectivity index (χ2n) is 3.89. The number of rotatable bonds is 7. The lowest BCUT2D eigenvalue weighted by molar-refractivity contribution is -0.522. The predicted molar refractivity (Wildman–Crippen MR) is 72.3 cm³/mol. The van der Waals surface area contributed by atoms with Crippen molar-refractivity contribution in [2.75, 3.05) is 12.9 Å². The van der Waals surface area contributed by atoms with Crippen molar-refractivity contribution in [2.45, 2.75) is 18.2 Å². The minimum atomic E-state index is -0.971. The fourth-order valence-electron chi connectivity index (χ4n) is 1.41. The molecule has 0 aliphatic carbocycles. The van der Waals surface area contributed by atoms with E-state index in [1.807, 2.05) is 0 Å². The lowest BCUT2D eigenvalue weighted by Gasteiger charge is -2.12. The van der Waals surface area contributed by atoms with Crippen LogP contribution < -0.4 is 4.74 Å². The molecule has 0 saturated heterocycles. The summed E-state index contributed by atoms with van der Waals surface area (Å²) in [5.74, 6) is -0.230. The van der Waals surface area contributed by atoms with Crippen LogP contribution in [0.15, 0.2) is 24.3 Å². The van der Waals surface area contributed by atoms with Crippen LogP contribution in [0.4, 0.5) is 0 Å². The number of benzene rings is 1. The maximum atomic E-state index is 11.1. The third-order valence-corrected chi connectivity index (χ3v) is 3.82. The van der Waals surface area contributed by atoms with Crippen LogP contribution in [-0.4, -0.2) is 34.1 Å². The molecule has 6 nitrogen and oxygen atoms in total. The molecule has 0 radical (unpaired) electrons. The fraction of sp³-hybridized carbons (Fsp3) is 0.417. The molecule has 0 fully saturated rings. The van der Waals surface area contributed by atoms with Gasteiger partial charge in [0.15, 0.2) is 0 Å². The molecule has 0 amide bonds. The molecule has 1 N–H and O–H groups in total. The van der Waals surface area contributed by atoms with Gasteiger partial charge in [0.25, 0.3) is 0 Å².